The van der Waals surface area contributed by atoms with Crippen molar-refractivity contribution in [2.24, 2.45) is 0 Å². The lowest BCUT2D eigenvalue weighted by atomic mass is 10.1. The highest BCUT2D eigenvalue weighted by Crippen LogP contribution is 2.19. The van der Waals surface area contributed by atoms with Gasteiger partial charge in [-0.1, -0.05) is 32.0 Å². The minimum Gasteiger partial charge on any atom is -0.383 e. The summed E-state index contributed by atoms with van der Waals surface area (Å²) in [5.74, 6) is 2.42. The molecule has 0 atom stereocenters. The number of anilines is 1. The van der Waals surface area contributed by atoms with Crippen LogP contribution in [0.4, 0.5) is 5.82 Å². The van der Waals surface area contributed by atoms with Gasteiger partial charge in [0.05, 0.1) is 12.1 Å². The summed E-state index contributed by atoms with van der Waals surface area (Å²) in [4.78, 5) is 9.00. The second kappa shape index (κ2) is 5.52. The molecule has 0 aliphatic rings. The standard InChI is InChI=1S/C16H19N5/c1-3-14-19-15(4-2)21(20-14)10-12-9-11-7-5-6-8-13(11)18-16(12)17/h5-9H,3-4,10H2,1-2H3,(H2,17,18). The zero-order valence-corrected chi connectivity index (χ0v) is 12.4. The molecule has 5 heteroatoms. The molecule has 0 aliphatic carbocycles. The molecule has 0 fully saturated rings. The third-order valence-corrected chi connectivity index (χ3v) is 3.58. The molecule has 0 bridgehead atoms. The Morgan fingerprint density at radius 1 is 1.10 bits per heavy atom. The van der Waals surface area contributed by atoms with Gasteiger partial charge in [0.25, 0.3) is 0 Å². The van der Waals surface area contributed by atoms with E-state index in [2.05, 4.69) is 35.0 Å². The van der Waals surface area contributed by atoms with Crippen LogP contribution in [0.3, 0.4) is 0 Å². The molecule has 21 heavy (non-hydrogen) atoms. The van der Waals surface area contributed by atoms with Gasteiger partial charge in [0, 0.05) is 23.8 Å². The second-order valence-corrected chi connectivity index (χ2v) is 5.03. The first-order chi connectivity index (χ1) is 10.2. The summed E-state index contributed by atoms with van der Waals surface area (Å²) in [5, 5.41) is 5.63. The van der Waals surface area contributed by atoms with Crippen LogP contribution < -0.4 is 5.73 Å². The van der Waals surface area contributed by atoms with E-state index in [0.717, 1.165) is 41.0 Å². The lowest BCUT2D eigenvalue weighted by Gasteiger charge is -2.08. The summed E-state index contributed by atoms with van der Waals surface area (Å²) in [6.45, 7) is 4.76. The first-order valence-corrected chi connectivity index (χ1v) is 7.28. The van der Waals surface area contributed by atoms with Crippen LogP contribution in [0.5, 0.6) is 0 Å². The number of nitrogens with two attached hydrogens (primary N) is 1. The van der Waals surface area contributed by atoms with Crippen molar-refractivity contribution in [3.05, 3.63) is 47.5 Å². The van der Waals surface area contributed by atoms with E-state index in [4.69, 9.17) is 5.73 Å². The number of hydrogen-bond donors (Lipinski definition) is 1. The summed E-state index contributed by atoms with van der Waals surface area (Å²) in [6.07, 6.45) is 1.69. The van der Waals surface area contributed by atoms with Gasteiger partial charge >= 0.3 is 0 Å². The molecule has 1 aromatic carbocycles. The van der Waals surface area contributed by atoms with Crippen molar-refractivity contribution in [3.63, 3.8) is 0 Å². The number of fused-ring (bicyclic) bond motifs is 1. The van der Waals surface area contributed by atoms with Gasteiger partial charge in [-0.2, -0.15) is 5.10 Å². The van der Waals surface area contributed by atoms with E-state index in [1.165, 1.54) is 0 Å². The van der Waals surface area contributed by atoms with Crippen LogP contribution >= 0.6 is 0 Å². The third-order valence-electron chi connectivity index (χ3n) is 3.58. The highest BCUT2D eigenvalue weighted by Gasteiger charge is 2.10. The third kappa shape index (κ3) is 2.59. The molecule has 2 heterocycles. The summed E-state index contributed by atoms with van der Waals surface area (Å²) in [5.41, 5.74) is 7.99. The number of pyridine rings is 1. The maximum Gasteiger partial charge on any atom is 0.150 e. The van der Waals surface area contributed by atoms with Gasteiger partial charge in [-0.25, -0.2) is 14.6 Å². The molecular formula is C16H19N5. The van der Waals surface area contributed by atoms with Gasteiger partial charge in [0.1, 0.15) is 11.6 Å². The quantitative estimate of drug-likeness (QED) is 0.798. The van der Waals surface area contributed by atoms with Crippen molar-refractivity contribution in [2.75, 3.05) is 5.73 Å². The van der Waals surface area contributed by atoms with Crippen LogP contribution in [-0.2, 0) is 19.4 Å². The lowest BCUT2D eigenvalue weighted by molar-refractivity contribution is 0.637. The summed E-state index contributed by atoms with van der Waals surface area (Å²) >= 11 is 0. The van der Waals surface area contributed by atoms with Crippen molar-refractivity contribution < 1.29 is 0 Å². The fourth-order valence-electron chi connectivity index (χ4n) is 2.43. The predicted octanol–water partition coefficient (Wildman–Crippen LogP) is 2.58. The van der Waals surface area contributed by atoms with Crippen molar-refractivity contribution in [3.8, 4) is 0 Å². The lowest BCUT2D eigenvalue weighted by Crippen LogP contribution is -2.09. The van der Waals surface area contributed by atoms with E-state index in [1.54, 1.807) is 0 Å². The van der Waals surface area contributed by atoms with E-state index >= 15 is 0 Å². The molecule has 3 rings (SSSR count). The molecule has 5 nitrogen and oxygen atoms in total. The molecular weight excluding hydrogens is 262 g/mol. The Labute approximate surface area is 123 Å². The molecule has 2 aromatic heterocycles. The second-order valence-electron chi connectivity index (χ2n) is 5.03. The van der Waals surface area contributed by atoms with E-state index in [0.29, 0.717) is 12.4 Å². The zero-order chi connectivity index (χ0) is 14.8. The normalized spacial score (nSPS) is 11.1. The first-order valence-electron chi connectivity index (χ1n) is 7.28. The van der Waals surface area contributed by atoms with E-state index < -0.39 is 0 Å². The maximum atomic E-state index is 6.09. The summed E-state index contributed by atoms with van der Waals surface area (Å²) in [7, 11) is 0. The van der Waals surface area contributed by atoms with Gasteiger partial charge in [-0.3, -0.25) is 0 Å². The van der Waals surface area contributed by atoms with Crippen molar-refractivity contribution >= 4 is 16.7 Å². The smallest absolute Gasteiger partial charge is 0.150 e. The molecule has 0 unspecified atom stereocenters. The monoisotopic (exact) mass is 281 g/mol. The Kier molecular flexibility index (Phi) is 3.56. The van der Waals surface area contributed by atoms with E-state index in [9.17, 15) is 0 Å². The first kappa shape index (κ1) is 13.5. The van der Waals surface area contributed by atoms with Crippen LogP contribution in [-0.4, -0.2) is 19.7 Å². The molecule has 0 saturated heterocycles. The largest absolute Gasteiger partial charge is 0.383 e. The Bertz CT molecular complexity index is 775. The van der Waals surface area contributed by atoms with Gasteiger partial charge in [-0.05, 0) is 12.1 Å². The van der Waals surface area contributed by atoms with Crippen LogP contribution in [0, 0.1) is 0 Å². The summed E-state index contributed by atoms with van der Waals surface area (Å²) < 4.78 is 1.93. The number of nitrogen functional groups attached to an aromatic ring is 1. The number of aromatic nitrogens is 4. The number of aryl methyl sites for hydroxylation is 2. The fourth-order valence-corrected chi connectivity index (χ4v) is 2.43. The Morgan fingerprint density at radius 2 is 1.90 bits per heavy atom. The molecule has 0 radical (unpaired) electrons. The molecule has 0 amide bonds. The average molecular weight is 281 g/mol. The topological polar surface area (TPSA) is 69.6 Å². The highest BCUT2D eigenvalue weighted by molar-refractivity contribution is 5.81. The van der Waals surface area contributed by atoms with E-state index in [-0.39, 0.29) is 0 Å². The zero-order valence-electron chi connectivity index (χ0n) is 12.4. The molecule has 0 saturated carbocycles. The van der Waals surface area contributed by atoms with Crippen LogP contribution in [0.2, 0.25) is 0 Å². The van der Waals surface area contributed by atoms with Crippen LogP contribution in [0.1, 0.15) is 31.1 Å². The number of rotatable bonds is 4. The summed E-state index contributed by atoms with van der Waals surface area (Å²) in [6, 6.07) is 10.1. The molecule has 0 spiro atoms. The van der Waals surface area contributed by atoms with Crippen molar-refractivity contribution in [1.29, 1.82) is 0 Å². The minimum absolute atomic E-state index is 0.560. The number of benzene rings is 1. The fraction of sp³-hybridized carbons (Fsp3) is 0.312. The minimum atomic E-state index is 0.560. The number of para-hydroxylation sites is 1. The maximum absolute atomic E-state index is 6.09. The molecule has 2 N–H and O–H groups in total. The highest BCUT2D eigenvalue weighted by atomic mass is 15.3. The van der Waals surface area contributed by atoms with Gasteiger partial charge in [0.15, 0.2) is 5.82 Å². The SMILES string of the molecule is CCc1nc(CC)n(Cc2cc3ccccc3nc2N)n1. The van der Waals surface area contributed by atoms with Gasteiger partial charge in [0.2, 0.25) is 0 Å². The van der Waals surface area contributed by atoms with Gasteiger partial charge < -0.3 is 5.73 Å². The molecule has 3 aromatic rings. The van der Waals surface area contributed by atoms with Crippen molar-refractivity contribution in [1.82, 2.24) is 19.7 Å². The van der Waals surface area contributed by atoms with Crippen LogP contribution in [0.15, 0.2) is 30.3 Å². The van der Waals surface area contributed by atoms with Gasteiger partial charge in [-0.15, -0.1) is 0 Å². The van der Waals surface area contributed by atoms with E-state index in [1.807, 2.05) is 28.9 Å². The molecule has 0 aliphatic heterocycles. The Balaban J connectivity index is 2.01. The number of nitrogens with zero attached hydrogens (tertiary/aromatic N) is 4. The van der Waals surface area contributed by atoms with Crippen LogP contribution in [0.25, 0.3) is 10.9 Å². The van der Waals surface area contributed by atoms with Crippen molar-refractivity contribution in [2.45, 2.75) is 33.2 Å². The predicted molar refractivity (Wildman–Crippen MR) is 84.0 cm³/mol. The number of hydrogen-bond acceptors (Lipinski definition) is 4. The molecule has 108 valence electrons. The Hall–Kier alpha value is -2.43. The Morgan fingerprint density at radius 3 is 2.67 bits per heavy atom. The average Bonchev–Trinajstić information content (AvgIpc) is 2.90.